The molecule has 0 radical (unpaired) electrons. The second-order valence-electron chi connectivity index (χ2n) is 11.9. The Morgan fingerprint density at radius 2 is 1.63 bits per heavy atom. The number of nitro groups is 2. The van der Waals surface area contributed by atoms with Gasteiger partial charge in [0.15, 0.2) is 28.8 Å². The van der Waals surface area contributed by atoms with Gasteiger partial charge in [-0.2, -0.15) is 0 Å². The first kappa shape index (κ1) is 30.4. The molecule has 0 bridgehead atoms. The fourth-order valence-corrected chi connectivity index (χ4v) is 7.32. The van der Waals surface area contributed by atoms with Gasteiger partial charge in [-0.3, -0.25) is 39.4 Å². The van der Waals surface area contributed by atoms with Gasteiger partial charge in [0.1, 0.15) is 0 Å². The number of phenols is 1. The highest BCUT2D eigenvalue weighted by molar-refractivity contribution is 6.25. The molecule has 1 N–H and O–H groups in total. The Morgan fingerprint density at radius 3 is 2.22 bits per heavy atom. The standard InChI is InChI=1S/C32H28N4O10/c1-14-9-24(38)20-13-19-17(26(28(20)30(14)39)15-5-8-23(37)25(10-15)46-4)6-7-18-27(19)32(41)34(31(18)40)16-11-21(35(42)43)29(33(2)3)22(12-16)36(44)45/h5-6,8-12,18-19,26-27,37H,7,13H2,1-4H3. The minimum Gasteiger partial charge on any atom is -0.504 e. The molecular weight excluding hydrogens is 600 g/mol. The van der Waals surface area contributed by atoms with E-state index in [4.69, 9.17) is 4.74 Å². The number of amides is 2. The molecule has 46 heavy (non-hydrogen) atoms. The number of nitro benzene ring substituents is 2. The summed E-state index contributed by atoms with van der Waals surface area (Å²) in [4.78, 5) is 79.4. The van der Waals surface area contributed by atoms with Gasteiger partial charge in [0.2, 0.25) is 11.8 Å². The van der Waals surface area contributed by atoms with E-state index in [1.165, 1.54) is 38.2 Å². The van der Waals surface area contributed by atoms with E-state index in [9.17, 15) is 44.5 Å². The lowest BCUT2D eigenvalue weighted by atomic mass is 9.59. The zero-order valence-electron chi connectivity index (χ0n) is 25.2. The molecule has 1 fully saturated rings. The summed E-state index contributed by atoms with van der Waals surface area (Å²) < 4.78 is 5.30. The van der Waals surface area contributed by atoms with E-state index in [1.54, 1.807) is 25.1 Å². The Kier molecular flexibility index (Phi) is 7.10. The van der Waals surface area contributed by atoms with Crippen LogP contribution in [-0.2, 0) is 19.2 Å². The van der Waals surface area contributed by atoms with Crippen LogP contribution in [0.4, 0.5) is 22.7 Å². The van der Waals surface area contributed by atoms with Crippen molar-refractivity contribution in [2.75, 3.05) is 31.0 Å². The van der Waals surface area contributed by atoms with Crippen molar-refractivity contribution in [3.05, 3.63) is 90.6 Å². The SMILES string of the molecule is COc1cc(C2C3=CCC4C(=O)N(c5cc([N+](=O)[O-])c(N(C)C)c([N+](=O)[O-])c5)C(=O)C4C3CC3=C2C(=O)C(C)=CC3=O)ccc1O. The van der Waals surface area contributed by atoms with Crippen LogP contribution in [0.5, 0.6) is 11.5 Å². The van der Waals surface area contributed by atoms with Crippen molar-refractivity contribution >= 4 is 46.1 Å². The minimum atomic E-state index is -1.01. The van der Waals surface area contributed by atoms with Crippen LogP contribution in [0.25, 0.3) is 0 Å². The highest BCUT2D eigenvalue weighted by Crippen LogP contribution is 2.56. The highest BCUT2D eigenvalue weighted by Gasteiger charge is 2.57. The number of imide groups is 1. The van der Waals surface area contributed by atoms with Crippen LogP contribution in [0, 0.1) is 38.0 Å². The molecule has 2 aromatic carbocycles. The molecule has 0 saturated carbocycles. The van der Waals surface area contributed by atoms with Gasteiger partial charge in [-0.1, -0.05) is 17.7 Å². The maximum atomic E-state index is 14.2. The van der Waals surface area contributed by atoms with Crippen molar-refractivity contribution in [2.45, 2.75) is 25.7 Å². The lowest BCUT2D eigenvalue weighted by molar-refractivity contribution is -0.392. The molecule has 4 aliphatic rings. The number of hydrogen-bond acceptors (Lipinski definition) is 11. The van der Waals surface area contributed by atoms with Crippen molar-refractivity contribution in [3.8, 4) is 11.5 Å². The normalized spacial score (nSPS) is 23.8. The summed E-state index contributed by atoms with van der Waals surface area (Å²) in [6.07, 6.45) is 3.13. The van der Waals surface area contributed by atoms with Crippen molar-refractivity contribution in [1.82, 2.24) is 0 Å². The summed E-state index contributed by atoms with van der Waals surface area (Å²) in [6, 6.07) is 6.53. The van der Waals surface area contributed by atoms with E-state index in [2.05, 4.69) is 0 Å². The molecule has 6 rings (SSSR count). The number of ether oxygens (including phenoxy) is 1. The quantitative estimate of drug-likeness (QED) is 0.160. The van der Waals surface area contributed by atoms with Gasteiger partial charge < -0.3 is 14.7 Å². The average molecular weight is 629 g/mol. The topological polar surface area (TPSA) is 190 Å². The Hall–Kier alpha value is -5.66. The van der Waals surface area contributed by atoms with Crippen LogP contribution in [-0.4, -0.2) is 59.5 Å². The lowest BCUT2D eigenvalue weighted by Crippen LogP contribution is -2.39. The molecule has 1 saturated heterocycles. The molecule has 0 aromatic heterocycles. The first-order valence-electron chi connectivity index (χ1n) is 14.4. The summed E-state index contributed by atoms with van der Waals surface area (Å²) in [7, 11) is 4.18. The molecule has 4 atom stereocenters. The fourth-order valence-electron chi connectivity index (χ4n) is 7.32. The molecule has 1 heterocycles. The number of Topliss-reactive ketones (excluding diaryl/α,β-unsaturated/α-hetero) is 1. The third kappa shape index (κ3) is 4.39. The number of methoxy groups -OCH3 is 1. The Labute approximate surface area is 261 Å². The van der Waals surface area contributed by atoms with Gasteiger partial charge in [-0.15, -0.1) is 0 Å². The Bertz CT molecular complexity index is 1870. The van der Waals surface area contributed by atoms with E-state index < -0.39 is 56.7 Å². The average Bonchev–Trinajstić information content (AvgIpc) is 3.27. The van der Waals surface area contributed by atoms with Crippen LogP contribution < -0.4 is 14.5 Å². The second kappa shape index (κ2) is 10.8. The molecule has 14 heteroatoms. The number of allylic oxidation sites excluding steroid dienone is 6. The summed E-state index contributed by atoms with van der Waals surface area (Å²) in [5.74, 6) is -5.51. The number of anilines is 2. The Morgan fingerprint density at radius 1 is 0.978 bits per heavy atom. The first-order valence-corrected chi connectivity index (χ1v) is 14.4. The zero-order chi connectivity index (χ0) is 33.4. The van der Waals surface area contributed by atoms with Gasteiger partial charge in [-0.25, -0.2) is 4.90 Å². The maximum absolute atomic E-state index is 14.2. The van der Waals surface area contributed by atoms with Crippen LogP contribution in [0.1, 0.15) is 31.2 Å². The highest BCUT2D eigenvalue weighted by atomic mass is 16.6. The predicted molar refractivity (Wildman–Crippen MR) is 163 cm³/mol. The van der Waals surface area contributed by atoms with E-state index in [-0.39, 0.29) is 64.0 Å². The number of benzene rings is 2. The van der Waals surface area contributed by atoms with Gasteiger partial charge >= 0.3 is 11.4 Å². The number of ketones is 2. The van der Waals surface area contributed by atoms with E-state index in [0.717, 1.165) is 17.0 Å². The molecule has 2 amide bonds. The van der Waals surface area contributed by atoms with Gasteiger partial charge in [0.05, 0.1) is 34.5 Å². The number of rotatable bonds is 6. The number of nitrogens with zero attached hydrogens (tertiary/aromatic N) is 4. The van der Waals surface area contributed by atoms with Crippen molar-refractivity contribution in [2.24, 2.45) is 17.8 Å². The van der Waals surface area contributed by atoms with Crippen LogP contribution in [0.2, 0.25) is 0 Å². The Balaban J connectivity index is 1.49. The number of phenolic OH excluding ortho intramolecular Hbond substituents is 1. The molecule has 236 valence electrons. The summed E-state index contributed by atoms with van der Waals surface area (Å²) >= 11 is 0. The van der Waals surface area contributed by atoms with Crippen molar-refractivity contribution < 1.29 is 38.9 Å². The number of carbonyl (C=O) groups excluding carboxylic acids is 4. The minimum absolute atomic E-state index is 0.00483. The van der Waals surface area contributed by atoms with Gasteiger partial charge in [0, 0.05) is 48.9 Å². The molecule has 1 aliphatic heterocycles. The zero-order valence-corrected chi connectivity index (χ0v) is 25.2. The van der Waals surface area contributed by atoms with E-state index >= 15 is 0 Å². The maximum Gasteiger partial charge on any atom is 0.301 e. The van der Waals surface area contributed by atoms with Crippen LogP contribution in [0.15, 0.2) is 64.8 Å². The molecule has 3 aliphatic carbocycles. The third-order valence-corrected chi connectivity index (χ3v) is 9.26. The van der Waals surface area contributed by atoms with E-state index in [1.807, 2.05) is 0 Å². The monoisotopic (exact) mass is 628 g/mol. The predicted octanol–water partition coefficient (Wildman–Crippen LogP) is 3.92. The summed E-state index contributed by atoms with van der Waals surface area (Å²) in [6.45, 7) is 1.55. The summed E-state index contributed by atoms with van der Waals surface area (Å²) in [5, 5.41) is 34.2. The lowest BCUT2D eigenvalue weighted by Gasteiger charge is -2.42. The fraction of sp³-hybridized carbons (Fsp3) is 0.312. The third-order valence-electron chi connectivity index (χ3n) is 9.26. The van der Waals surface area contributed by atoms with Crippen molar-refractivity contribution in [3.63, 3.8) is 0 Å². The molecular formula is C32H28N4O10. The van der Waals surface area contributed by atoms with E-state index in [0.29, 0.717) is 11.1 Å². The van der Waals surface area contributed by atoms with Gasteiger partial charge in [-0.05, 0) is 49.5 Å². The largest absolute Gasteiger partial charge is 0.504 e. The van der Waals surface area contributed by atoms with Crippen LogP contribution >= 0.6 is 0 Å². The summed E-state index contributed by atoms with van der Waals surface area (Å²) in [5.41, 5.74) is 0.0352. The first-order chi connectivity index (χ1) is 21.8. The second-order valence-corrected chi connectivity index (χ2v) is 11.9. The number of fused-ring (bicyclic) bond motifs is 3. The smallest absolute Gasteiger partial charge is 0.301 e. The molecule has 2 aromatic rings. The molecule has 4 unspecified atom stereocenters. The number of hydrogen-bond donors (Lipinski definition) is 1. The molecule has 0 spiro atoms. The number of carbonyl (C=O) groups is 4. The van der Waals surface area contributed by atoms with Crippen molar-refractivity contribution in [1.29, 1.82) is 0 Å². The molecule has 14 nitrogen and oxygen atoms in total. The van der Waals surface area contributed by atoms with Gasteiger partial charge in [0.25, 0.3) is 0 Å². The van der Waals surface area contributed by atoms with Crippen LogP contribution in [0.3, 0.4) is 0 Å². The number of aromatic hydroxyl groups is 1.